The lowest BCUT2D eigenvalue weighted by atomic mass is 9.96. The Morgan fingerprint density at radius 2 is 2.03 bits per heavy atom. The Bertz CT molecular complexity index is 1450. The average Bonchev–Trinajstić information content (AvgIpc) is 3.24. The van der Waals surface area contributed by atoms with Gasteiger partial charge in [0.25, 0.3) is 11.6 Å². The molecule has 1 aromatic carbocycles. The fourth-order valence-corrected chi connectivity index (χ4v) is 5.00. The second-order valence-corrected chi connectivity index (χ2v) is 8.88. The third-order valence-corrected chi connectivity index (χ3v) is 6.73. The Balaban J connectivity index is 1.54. The van der Waals surface area contributed by atoms with Crippen LogP contribution in [0.5, 0.6) is 17.4 Å². The maximum Gasteiger partial charge on any atom is 0.287 e. The molecule has 0 atom stereocenters. The van der Waals surface area contributed by atoms with Crippen LogP contribution in [-0.2, 0) is 17.6 Å². The maximum atomic E-state index is 12.9. The summed E-state index contributed by atoms with van der Waals surface area (Å²) >= 11 is 1.39. The molecule has 0 saturated carbocycles. The third kappa shape index (κ3) is 5.17. The highest BCUT2D eigenvalue weighted by Gasteiger charge is 2.23. The molecule has 2 aromatic heterocycles. The number of thiophene rings is 1. The molecule has 3 aromatic rings. The summed E-state index contributed by atoms with van der Waals surface area (Å²) in [6.07, 6.45) is 6.25. The predicted octanol–water partition coefficient (Wildman–Crippen LogP) is 5.15. The molecule has 2 heterocycles. The van der Waals surface area contributed by atoms with Crippen molar-refractivity contribution in [3.05, 3.63) is 73.8 Å². The first-order chi connectivity index (χ1) is 17.4. The second-order valence-electron chi connectivity index (χ2n) is 7.77. The van der Waals surface area contributed by atoms with Gasteiger partial charge in [-0.25, -0.2) is 4.98 Å². The fraction of sp³-hybridized carbons (Fsp3) is 0.200. The SMILES string of the molecule is COc1cc(/C=C(\C#N)C(=O)Nc2sc3c(c2C#N)CCCC3)ccc1Oc1ccc([N+](=O)[O-])cn1. The van der Waals surface area contributed by atoms with Crippen LogP contribution >= 0.6 is 11.3 Å². The molecule has 0 unspecified atom stereocenters. The number of amides is 1. The lowest BCUT2D eigenvalue weighted by molar-refractivity contribution is -0.385. The molecule has 0 radical (unpaired) electrons. The van der Waals surface area contributed by atoms with E-state index in [0.717, 1.165) is 42.3 Å². The molecule has 4 rings (SSSR count). The number of anilines is 1. The molecule has 10 nitrogen and oxygen atoms in total. The van der Waals surface area contributed by atoms with E-state index in [4.69, 9.17) is 9.47 Å². The van der Waals surface area contributed by atoms with Crippen molar-refractivity contribution in [3.63, 3.8) is 0 Å². The first-order valence-electron chi connectivity index (χ1n) is 10.9. The topological polar surface area (TPSA) is 151 Å². The fourth-order valence-electron chi connectivity index (χ4n) is 3.77. The average molecular weight is 502 g/mol. The lowest BCUT2D eigenvalue weighted by Gasteiger charge is -2.10. The van der Waals surface area contributed by atoms with Gasteiger partial charge in [-0.05, 0) is 55.0 Å². The van der Waals surface area contributed by atoms with Gasteiger partial charge in [-0.2, -0.15) is 10.5 Å². The van der Waals surface area contributed by atoms with E-state index < -0.39 is 10.8 Å². The van der Waals surface area contributed by atoms with Crippen LogP contribution in [0.2, 0.25) is 0 Å². The Morgan fingerprint density at radius 3 is 2.69 bits per heavy atom. The van der Waals surface area contributed by atoms with Gasteiger partial charge in [-0.1, -0.05) is 6.07 Å². The quantitative estimate of drug-likeness (QED) is 0.202. The van der Waals surface area contributed by atoms with Crippen LogP contribution in [0.25, 0.3) is 6.08 Å². The molecular formula is C25H19N5O5S. The summed E-state index contributed by atoms with van der Waals surface area (Å²) in [5, 5.41) is 33.2. The molecule has 0 fully saturated rings. The highest BCUT2D eigenvalue weighted by atomic mass is 32.1. The van der Waals surface area contributed by atoms with E-state index in [-0.39, 0.29) is 17.1 Å². The number of ether oxygens (including phenoxy) is 2. The van der Waals surface area contributed by atoms with Crippen LogP contribution in [0, 0.1) is 32.8 Å². The Labute approximate surface area is 210 Å². The molecule has 1 amide bonds. The number of nitrogens with one attached hydrogen (secondary N) is 1. The molecule has 0 spiro atoms. The number of rotatable bonds is 7. The van der Waals surface area contributed by atoms with Crippen LogP contribution in [0.15, 0.2) is 42.1 Å². The summed E-state index contributed by atoms with van der Waals surface area (Å²) in [5.74, 6) is 0.120. The van der Waals surface area contributed by atoms with Crippen LogP contribution in [-0.4, -0.2) is 22.9 Å². The summed E-state index contributed by atoms with van der Waals surface area (Å²) in [5.41, 5.74) is 1.67. The second kappa shape index (κ2) is 10.7. The molecule has 0 aliphatic heterocycles. The van der Waals surface area contributed by atoms with Crippen molar-refractivity contribution in [3.8, 4) is 29.5 Å². The van der Waals surface area contributed by atoms with E-state index in [0.29, 0.717) is 27.6 Å². The molecule has 11 heteroatoms. The monoisotopic (exact) mass is 501 g/mol. The minimum atomic E-state index is -0.609. The van der Waals surface area contributed by atoms with Gasteiger partial charge in [0.2, 0.25) is 5.88 Å². The number of nitriles is 2. The van der Waals surface area contributed by atoms with E-state index in [1.807, 2.05) is 6.07 Å². The highest BCUT2D eigenvalue weighted by molar-refractivity contribution is 7.16. The summed E-state index contributed by atoms with van der Waals surface area (Å²) in [7, 11) is 1.43. The van der Waals surface area contributed by atoms with Gasteiger partial charge >= 0.3 is 0 Å². The van der Waals surface area contributed by atoms with E-state index in [2.05, 4.69) is 16.4 Å². The predicted molar refractivity (Wildman–Crippen MR) is 132 cm³/mol. The van der Waals surface area contributed by atoms with Crippen LogP contribution in [0.4, 0.5) is 10.7 Å². The Kier molecular flexibility index (Phi) is 7.23. The number of aromatic nitrogens is 1. The first kappa shape index (κ1) is 24.4. The van der Waals surface area contributed by atoms with E-state index in [1.54, 1.807) is 18.2 Å². The van der Waals surface area contributed by atoms with Crippen LogP contribution in [0.1, 0.15) is 34.4 Å². The maximum absolute atomic E-state index is 12.9. The normalized spacial score (nSPS) is 12.6. The zero-order valence-electron chi connectivity index (χ0n) is 19.1. The third-order valence-electron chi connectivity index (χ3n) is 5.52. The van der Waals surface area contributed by atoms with E-state index in [9.17, 15) is 25.4 Å². The molecule has 36 heavy (non-hydrogen) atoms. The lowest BCUT2D eigenvalue weighted by Crippen LogP contribution is -2.13. The van der Waals surface area contributed by atoms with Crippen LogP contribution < -0.4 is 14.8 Å². The Hall–Kier alpha value is -4.74. The van der Waals surface area contributed by atoms with E-state index >= 15 is 0 Å². The van der Waals surface area contributed by atoms with Gasteiger partial charge in [0.1, 0.15) is 28.9 Å². The molecule has 1 N–H and O–H groups in total. The molecule has 0 bridgehead atoms. The first-order valence-corrected chi connectivity index (χ1v) is 11.7. The summed E-state index contributed by atoms with van der Waals surface area (Å²) in [6, 6.07) is 11.5. The number of nitrogens with zero attached hydrogens (tertiary/aromatic N) is 4. The molecule has 180 valence electrons. The number of nitro groups is 1. The number of hydrogen-bond acceptors (Lipinski definition) is 9. The van der Waals surface area contributed by atoms with Crippen LogP contribution in [0.3, 0.4) is 0 Å². The molecular weight excluding hydrogens is 482 g/mol. The number of aryl methyl sites for hydroxylation is 1. The molecule has 1 aliphatic rings. The van der Waals surface area contributed by atoms with Crippen molar-refractivity contribution in [2.24, 2.45) is 0 Å². The van der Waals surface area contributed by atoms with Crippen molar-refractivity contribution in [2.45, 2.75) is 25.7 Å². The summed E-state index contributed by atoms with van der Waals surface area (Å²) < 4.78 is 11.0. The molecule has 0 saturated heterocycles. The zero-order valence-corrected chi connectivity index (χ0v) is 19.9. The minimum absolute atomic E-state index is 0.131. The summed E-state index contributed by atoms with van der Waals surface area (Å²) in [4.78, 5) is 28.1. The largest absolute Gasteiger partial charge is 0.493 e. The highest BCUT2D eigenvalue weighted by Crippen LogP contribution is 2.38. The van der Waals surface area contributed by atoms with Crippen molar-refractivity contribution < 1.29 is 19.2 Å². The summed E-state index contributed by atoms with van der Waals surface area (Å²) in [6.45, 7) is 0. The van der Waals surface area contributed by atoms with Crippen molar-refractivity contribution in [1.29, 1.82) is 10.5 Å². The van der Waals surface area contributed by atoms with Crippen molar-refractivity contribution in [1.82, 2.24) is 4.98 Å². The van der Waals surface area contributed by atoms with Crippen molar-refractivity contribution in [2.75, 3.05) is 12.4 Å². The number of carbonyl (C=O) groups excluding carboxylic acids is 1. The van der Waals surface area contributed by atoms with Gasteiger partial charge in [0, 0.05) is 17.0 Å². The van der Waals surface area contributed by atoms with Gasteiger partial charge in [-0.15, -0.1) is 11.3 Å². The standard InChI is InChI=1S/C25H19N5O5S/c1-34-21-11-15(6-8-20(21)35-23-9-7-17(14-28-23)30(32)33)10-16(12-26)24(31)29-25-19(13-27)18-4-2-3-5-22(18)36-25/h6-11,14H,2-5H2,1H3,(H,29,31)/b16-10+. The Morgan fingerprint density at radius 1 is 1.22 bits per heavy atom. The zero-order chi connectivity index (χ0) is 25.7. The van der Waals surface area contributed by atoms with Gasteiger partial charge in [-0.3, -0.25) is 14.9 Å². The number of methoxy groups -OCH3 is 1. The van der Waals surface area contributed by atoms with Gasteiger partial charge < -0.3 is 14.8 Å². The van der Waals surface area contributed by atoms with Gasteiger partial charge in [0.05, 0.1) is 17.6 Å². The van der Waals surface area contributed by atoms with E-state index in [1.165, 1.54) is 36.7 Å². The number of hydrogen-bond donors (Lipinski definition) is 1. The minimum Gasteiger partial charge on any atom is -0.493 e. The number of pyridine rings is 1. The van der Waals surface area contributed by atoms with Gasteiger partial charge in [0.15, 0.2) is 11.5 Å². The number of carbonyl (C=O) groups is 1. The van der Waals surface area contributed by atoms with Crippen molar-refractivity contribution >= 4 is 34.0 Å². The number of benzene rings is 1. The number of fused-ring (bicyclic) bond motifs is 1. The molecule has 1 aliphatic carbocycles. The smallest absolute Gasteiger partial charge is 0.287 e.